The lowest BCUT2D eigenvalue weighted by atomic mass is 10.2. The third-order valence-electron chi connectivity index (χ3n) is 3.26. The topological polar surface area (TPSA) is 106 Å². The van der Waals surface area contributed by atoms with Gasteiger partial charge < -0.3 is 0 Å². The fraction of sp³-hybridized carbons (Fsp3) is 0. The van der Waals surface area contributed by atoms with Gasteiger partial charge in [0.2, 0.25) is 4.77 Å². The van der Waals surface area contributed by atoms with Crippen LogP contribution in [0.15, 0.2) is 54.6 Å². The molecule has 0 aliphatic rings. The van der Waals surface area contributed by atoms with E-state index in [9.17, 15) is 14.9 Å². The Bertz CT molecular complexity index is 947. The Balaban J connectivity index is 1.89. The second kappa shape index (κ2) is 6.42. The molecule has 0 saturated carbocycles. The van der Waals surface area contributed by atoms with Crippen LogP contribution in [0.3, 0.4) is 0 Å². The summed E-state index contributed by atoms with van der Waals surface area (Å²) in [4.78, 5) is 22.5. The van der Waals surface area contributed by atoms with Crippen LogP contribution in [0, 0.1) is 14.9 Å². The first-order chi connectivity index (χ1) is 11.6. The van der Waals surface area contributed by atoms with E-state index in [2.05, 4.69) is 15.6 Å². The standard InChI is InChI=1S/C15H11N5O3S/c21-14(11-6-8-12(9-7-11)20(22)23)18-19-13(16-17-15(19)24)10-4-2-1-3-5-10/h1-9H,(H,17,24)(H,18,21). The van der Waals surface area contributed by atoms with Gasteiger partial charge in [-0.3, -0.25) is 20.3 Å². The van der Waals surface area contributed by atoms with Crippen LogP contribution in [-0.2, 0) is 0 Å². The van der Waals surface area contributed by atoms with Gasteiger partial charge >= 0.3 is 0 Å². The van der Waals surface area contributed by atoms with E-state index in [-0.39, 0.29) is 16.0 Å². The van der Waals surface area contributed by atoms with Crippen molar-refractivity contribution >= 4 is 23.8 Å². The second-order valence-corrected chi connectivity index (χ2v) is 5.19. The SMILES string of the molecule is O=C(Nn1c(-c2ccccc2)n[nH]c1=S)c1ccc([N+](=O)[O-])cc1. The lowest BCUT2D eigenvalue weighted by Crippen LogP contribution is -2.23. The quantitative estimate of drug-likeness (QED) is 0.431. The summed E-state index contributed by atoms with van der Waals surface area (Å²) in [6.07, 6.45) is 0. The maximum Gasteiger partial charge on any atom is 0.270 e. The fourth-order valence-electron chi connectivity index (χ4n) is 2.08. The summed E-state index contributed by atoms with van der Waals surface area (Å²) < 4.78 is 1.58. The second-order valence-electron chi connectivity index (χ2n) is 4.80. The van der Waals surface area contributed by atoms with Crippen LogP contribution in [0.2, 0.25) is 0 Å². The molecule has 1 heterocycles. The molecular weight excluding hydrogens is 330 g/mol. The molecule has 2 N–H and O–H groups in total. The third kappa shape index (κ3) is 3.06. The first-order valence-electron chi connectivity index (χ1n) is 6.85. The summed E-state index contributed by atoms with van der Waals surface area (Å²) in [6, 6.07) is 14.5. The summed E-state index contributed by atoms with van der Waals surface area (Å²) in [5, 5.41) is 17.4. The van der Waals surface area contributed by atoms with E-state index in [1.165, 1.54) is 28.9 Å². The van der Waals surface area contributed by atoms with E-state index in [1.807, 2.05) is 30.3 Å². The molecule has 120 valence electrons. The zero-order valence-corrected chi connectivity index (χ0v) is 13.0. The normalized spacial score (nSPS) is 10.3. The lowest BCUT2D eigenvalue weighted by Gasteiger charge is -2.08. The highest BCUT2D eigenvalue weighted by Gasteiger charge is 2.14. The number of H-pyrrole nitrogens is 1. The molecule has 0 unspecified atom stereocenters. The summed E-state index contributed by atoms with van der Waals surface area (Å²) >= 11 is 5.14. The molecule has 0 radical (unpaired) electrons. The van der Waals surface area contributed by atoms with Gasteiger partial charge in [-0.05, 0) is 24.4 Å². The molecule has 0 spiro atoms. The number of hydrogen-bond donors (Lipinski definition) is 2. The molecular formula is C15H11N5O3S. The minimum absolute atomic E-state index is 0.0866. The highest BCUT2D eigenvalue weighted by atomic mass is 32.1. The summed E-state index contributed by atoms with van der Waals surface area (Å²) in [7, 11) is 0. The molecule has 3 rings (SSSR count). The van der Waals surface area contributed by atoms with Crippen molar-refractivity contribution in [1.82, 2.24) is 14.9 Å². The van der Waals surface area contributed by atoms with Crippen molar-refractivity contribution in [2.75, 3.05) is 5.43 Å². The highest BCUT2D eigenvalue weighted by Crippen LogP contribution is 2.16. The number of aromatic nitrogens is 3. The van der Waals surface area contributed by atoms with Crippen molar-refractivity contribution in [2.45, 2.75) is 0 Å². The average Bonchev–Trinajstić information content (AvgIpc) is 2.96. The highest BCUT2D eigenvalue weighted by molar-refractivity contribution is 7.71. The van der Waals surface area contributed by atoms with Crippen LogP contribution in [0.1, 0.15) is 10.4 Å². The maximum atomic E-state index is 12.3. The van der Waals surface area contributed by atoms with Gasteiger partial charge in [-0.15, -0.1) is 0 Å². The van der Waals surface area contributed by atoms with Crippen molar-refractivity contribution in [3.05, 3.63) is 75.0 Å². The molecule has 0 atom stereocenters. The molecule has 2 aromatic carbocycles. The number of benzene rings is 2. The van der Waals surface area contributed by atoms with E-state index in [0.717, 1.165) is 5.56 Å². The van der Waals surface area contributed by atoms with Crippen molar-refractivity contribution in [3.63, 3.8) is 0 Å². The number of nitro groups is 1. The van der Waals surface area contributed by atoms with Crippen LogP contribution in [0.4, 0.5) is 5.69 Å². The van der Waals surface area contributed by atoms with Crippen LogP contribution >= 0.6 is 12.2 Å². The number of hydrogen-bond acceptors (Lipinski definition) is 5. The van der Waals surface area contributed by atoms with Crippen LogP contribution in [-0.4, -0.2) is 25.7 Å². The molecule has 24 heavy (non-hydrogen) atoms. The monoisotopic (exact) mass is 341 g/mol. The molecule has 1 amide bonds. The van der Waals surface area contributed by atoms with Gasteiger partial charge in [0.15, 0.2) is 5.82 Å². The Hall–Kier alpha value is -3.33. The molecule has 0 saturated heterocycles. The predicted molar refractivity (Wildman–Crippen MR) is 89.6 cm³/mol. The first kappa shape index (κ1) is 15.6. The summed E-state index contributed by atoms with van der Waals surface area (Å²) in [6.45, 7) is 0. The van der Waals surface area contributed by atoms with Crippen molar-refractivity contribution in [3.8, 4) is 11.4 Å². The zero-order chi connectivity index (χ0) is 17.1. The third-order valence-corrected chi connectivity index (χ3v) is 3.53. The van der Waals surface area contributed by atoms with Crippen LogP contribution < -0.4 is 5.43 Å². The Morgan fingerprint density at radius 2 is 1.83 bits per heavy atom. The van der Waals surface area contributed by atoms with Gasteiger partial charge in [0.1, 0.15) is 0 Å². The van der Waals surface area contributed by atoms with Gasteiger partial charge in [-0.25, -0.2) is 9.77 Å². The number of rotatable bonds is 4. The number of aromatic amines is 1. The number of carbonyl (C=O) groups is 1. The number of carbonyl (C=O) groups excluding carboxylic acids is 1. The Morgan fingerprint density at radius 3 is 2.46 bits per heavy atom. The minimum atomic E-state index is -0.526. The number of non-ortho nitro benzene ring substituents is 1. The van der Waals surface area contributed by atoms with E-state index < -0.39 is 10.8 Å². The van der Waals surface area contributed by atoms with Crippen molar-refractivity contribution in [1.29, 1.82) is 0 Å². The molecule has 0 aliphatic heterocycles. The van der Waals surface area contributed by atoms with Crippen molar-refractivity contribution < 1.29 is 9.72 Å². The molecule has 1 aromatic heterocycles. The molecule has 3 aromatic rings. The van der Waals surface area contributed by atoms with Gasteiger partial charge in [0.05, 0.1) is 4.92 Å². The largest absolute Gasteiger partial charge is 0.270 e. The molecule has 9 heteroatoms. The zero-order valence-electron chi connectivity index (χ0n) is 12.2. The predicted octanol–water partition coefficient (Wildman–Crippen LogP) is 2.90. The fourth-order valence-corrected chi connectivity index (χ4v) is 2.26. The Kier molecular flexibility index (Phi) is 4.17. The number of nitro benzene ring substituents is 1. The van der Waals surface area contributed by atoms with E-state index in [0.29, 0.717) is 5.82 Å². The molecule has 0 fully saturated rings. The van der Waals surface area contributed by atoms with E-state index >= 15 is 0 Å². The minimum Gasteiger partial charge on any atom is -0.267 e. The van der Waals surface area contributed by atoms with Gasteiger partial charge in [-0.2, -0.15) is 5.10 Å². The number of nitrogens with zero attached hydrogens (tertiary/aromatic N) is 3. The number of nitrogens with one attached hydrogen (secondary N) is 2. The molecule has 8 nitrogen and oxygen atoms in total. The Labute approximate surface area is 140 Å². The van der Waals surface area contributed by atoms with Gasteiger partial charge in [0, 0.05) is 23.3 Å². The molecule has 0 bridgehead atoms. The molecule has 0 aliphatic carbocycles. The lowest BCUT2D eigenvalue weighted by molar-refractivity contribution is -0.384. The van der Waals surface area contributed by atoms with E-state index in [4.69, 9.17) is 12.2 Å². The average molecular weight is 341 g/mol. The number of amides is 1. The van der Waals surface area contributed by atoms with Crippen LogP contribution in [0.25, 0.3) is 11.4 Å². The van der Waals surface area contributed by atoms with E-state index in [1.54, 1.807) is 0 Å². The van der Waals surface area contributed by atoms with Gasteiger partial charge in [0.25, 0.3) is 11.6 Å². The smallest absolute Gasteiger partial charge is 0.267 e. The Morgan fingerprint density at radius 1 is 1.17 bits per heavy atom. The summed E-state index contributed by atoms with van der Waals surface area (Å²) in [5.41, 5.74) is 3.58. The van der Waals surface area contributed by atoms with Crippen LogP contribution in [0.5, 0.6) is 0 Å². The summed E-state index contributed by atoms with van der Waals surface area (Å²) in [5.74, 6) is -0.00422. The van der Waals surface area contributed by atoms with Gasteiger partial charge in [-0.1, -0.05) is 30.3 Å². The maximum absolute atomic E-state index is 12.3. The van der Waals surface area contributed by atoms with Crippen molar-refractivity contribution in [2.24, 2.45) is 0 Å². The first-order valence-corrected chi connectivity index (χ1v) is 7.26.